The van der Waals surface area contributed by atoms with Crippen molar-refractivity contribution in [1.29, 1.82) is 0 Å². The Kier molecular flexibility index (Phi) is 7.75. The van der Waals surface area contributed by atoms with Crippen molar-refractivity contribution in [3.63, 3.8) is 0 Å². The summed E-state index contributed by atoms with van der Waals surface area (Å²) in [6, 6.07) is 86.4. The van der Waals surface area contributed by atoms with Crippen molar-refractivity contribution in [3.8, 4) is 39.3 Å². The third-order valence-corrected chi connectivity index (χ3v) is 14.4. The van der Waals surface area contributed by atoms with Crippen molar-refractivity contribution in [2.24, 2.45) is 0 Å². The molecule has 0 radical (unpaired) electrons. The molecule has 0 unspecified atom stereocenters. The smallest absolute Gasteiger partial charge is 0.136 e. The predicted molar refractivity (Wildman–Crippen MR) is 285 cm³/mol. The van der Waals surface area contributed by atoms with E-state index in [1.807, 2.05) is 0 Å². The van der Waals surface area contributed by atoms with Gasteiger partial charge in [-0.1, -0.05) is 127 Å². The highest BCUT2D eigenvalue weighted by molar-refractivity contribution is 6.20. The minimum atomic E-state index is 0.887. The zero-order valence-corrected chi connectivity index (χ0v) is 36.8. The molecule has 11 aromatic carbocycles. The molecule has 0 bridgehead atoms. The van der Waals surface area contributed by atoms with Crippen LogP contribution in [0.1, 0.15) is 0 Å². The number of nitrogens with zero attached hydrogens (tertiary/aromatic N) is 3. The molecule has 4 heteroatoms. The standard InChI is InChI=1S/C64H39N3O/c1-3-14-45(15-4-1)65-56-21-11-9-19-49(56)51-35-41(23-29-58(51)65)43-25-31-60-53(37-43)54-38-44(42-24-30-59-52(36-42)50-20-10-12-22-57(50)66(59)46-16-5-2-6-17-46)26-32-61(54)67(60)47-28-34-62-55(39-47)64-48-18-8-7-13-40(48)27-33-63(64)68-62/h1-39H. The summed E-state index contributed by atoms with van der Waals surface area (Å²) >= 11 is 0. The molecule has 15 aromatic rings. The van der Waals surface area contributed by atoms with E-state index in [1.54, 1.807) is 0 Å². The van der Waals surface area contributed by atoms with Crippen molar-refractivity contribution < 1.29 is 4.42 Å². The monoisotopic (exact) mass is 865 g/mol. The molecule has 316 valence electrons. The zero-order valence-electron chi connectivity index (χ0n) is 36.8. The summed E-state index contributed by atoms with van der Waals surface area (Å²) in [6.07, 6.45) is 0. The van der Waals surface area contributed by atoms with Gasteiger partial charge in [0.25, 0.3) is 0 Å². The first kappa shape index (κ1) is 37.1. The number of hydrogen-bond donors (Lipinski definition) is 0. The largest absolute Gasteiger partial charge is 0.456 e. The second-order valence-electron chi connectivity index (χ2n) is 18.1. The van der Waals surface area contributed by atoms with Crippen LogP contribution in [-0.4, -0.2) is 13.7 Å². The van der Waals surface area contributed by atoms with Crippen LogP contribution in [0, 0.1) is 0 Å². The van der Waals surface area contributed by atoms with Gasteiger partial charge in [0.15, 0.2) is 0 Å². The fraction of sp³-hybridized carbons (Fsp3) is 0. The van der Waals surface area contributed by atoms with Gasteiger partial charge in [-0.15, -0.1) is 0 Å². The van der Waals surface area contributed by atoms with Crippen LogP contribution >= 0.6 is 0 Å². The first-order valence-electron chi connectivity index (χ1n) is 23.3. The highest BCUT2D eigenvalue weighted by Gasteiger charge is 2.20. The molecule has 0 saturated heterocycles. The van der Waals surface area contributed by atoms with E-state index in [0.717, 1.165) is 50.0 Å². The van der Waals surface area contributed by atoms with Crippen LogP contribution in [0.3, 0.4) is 0 Å². The van der Waals surface area contributed by atoms with Gasteiger partial charge in [-0.2, -0.15) is 0 Å². The molecule has 0 saturated carbocycles. The van der Waals surface area contributed by atoms with Gasteiger partial charge in [-0.25, -0.2) is 0 Å². The van der Waals surface area contributed by atoms with Crippen LogP contribution in [0.4, 0.5) is 0 Å². The Balaban J connectivity index is 0.954. The van der Waals surface area contributed by atoms with Crippen LogP contribution in [0.2, 0.25) is 0 Å². The Morgan fingerprint density at radius 1 is 0.235 bits per heavy atom. The molecule has 4 nitrogen and oxygen atoms in total. The molecule has 0 fully saturated rings. The van der Waals surface area contributed by atoms with Gasteiger partial charge < -0.3 is 18.1 Å². The van der Waals surface area contributed by atoms with Gasteiger partial charge in [0.2, 0.25) is 0 Å². The Morgan fingerprint density at radius 2 is 0.632 bits per heavy atom. The lowest BCUT2D eigenvalue weighted by Crippen LogP contribution is -1.94. The van der Waals surface area contributed by atoms with Crippen molar-refractivity contribution in [3.05, 3.63) is 237 Å². The molecule has 4 heterocycles. The van der Waals surface area contributed by atoms with E-state index in [1.165, 1.54) is 87.4 Å². The summed E-state index contributed by atoms with van der Waals surface area (Å²) < 4.78 is 13.7. The fourth-order valence-corrected chi connectivity index (χ4v) is 11.4. The average molecular weight is 866 g/mol. The Hall–Kier alpha value is -9.12. The van der Waals surface area contributed by atoms with Crippen LogP contribution in [0.25, 0.3) is 137 Å². The topological polar surface area (TPSA) is 27.9 Å². The van der Waals surface area contributed by atoms with E-state index in [9.17, 15) is 0 Å². The maximum atomic E-state index is 6.49. The van der Waals surface area contributed by atoms with Crippen molar-refractivity contribution in [1.82, 2.24) is 13.7 Å². The second kappa shape index (κ2) is 14.2. The number of para-hydroxylation sites is 4. The summed E-state index contributed by atoms with van der Waals surface area (Å²) in [5, 5.41) is 12.0. The summed E-state index contributed by atoms with van der Waals surface area (Å²) in [5.74, 6) is 0. The number of furan rings is 1. The second-order valence-corrected chi connectivity index (χ2v) is 18.1. The minimum Gasteiger partial charge on any atom is -0.456 e. The lowest BCUT2D eigenvalue weighted by molar-refractivity contribution is 0.669. The fourth-order valence-electron chi connectivity index (χ4n) is 11.4. The van der Waals surface area contributed by atoms with Gasteiger partial charge in [-0.3, -0.25) is 0 Å². The Labute approximate surface area is 390 Å². The van der Waals surface area contributed by atoms with Gasteiger partial charge in [0.05, 0.1) is 33.1 Å². The molecule has 4 aromatic heterocycles. The van der Waals surface area contributed by atoms with Crippen LogP contribution < -0.4 is 0 Å². The highest BCUT2D eigenvalue weighted by Crippen LogP contribution is 2.43. The SMILES string of the molecule is c1ccc(-n2c3ccccc3c3cc(-c4ccc5c(c4)c4cc(-c6ccc7c(c6)c6ccccc6n7-c6ccccc6)ccc4n5-c4ccc5oc6ccc7ccccc7c6c5c4)ccc32)cc1. The quantitative estimate of drug-likeness (QED) is 0.169. The lowest BCUT2D eigenvalue weighted by Gasteiger charge is -2.10. The summed E-state index contributed by atoms with van der Waals surface area (Å²) in [5.41, 5.74) is 17.0. The molecule has 15 rings (SSSR count). The molecular weight excluding hydrogens is 827 g/mol. The van der Waals surface area contributed by atoms with Crippen LogP contribution in [0.15, 0.2) is 241 Å². The number of benzene rings is 11. The number of fused-ring (bicyclic) bond motifs is 14. The third-order valence-electron chi connectivity index (χ3n) is 14.4. The summed E-state index contributed by atoms with van der Waals surface area (Å²) in [7, 11) is 0. The number of hydrogen-bond acceptors (Lipinski definition) is 1. The molecule has 0 amide bonds. The first-order chi connectivity index (χ1) is 33.7. The van der Waals surface area contributed by atoms with Crippen molar-refractivity contribution in [2.75, 3.05) is 0 Å². The summed E-state index contributed by atoms with van der Waals surface area (Å²) in [6.45, 7) is 0. The van der Waals surface area contributed by atoms with Gasteiger partial charge >= 0.3 is 0 Å². The van der Waals surface area contributed by atoms with E-state index < -0.39 is 0 Å². The van der Waals surface area contributed by atoms with Gasteiger partial charge in [0.1, 0.15) is 11.2 Å². The highest BCUT2D eigenvalue weighted by atomic mass is 16.3. The molecule has 0 aliphatic carbocycles. The maximum Gasteiger partial charge on any atom is 0.136 e. The molecule has 68 heavy (non-hydrogen) atoms. The van der Waals surface area contributed by atoms with E-state index in [-0.39, 0.29) is 0 Å². The van der Waals surface area contributed by atoms with E-state index in [2.05, 4.69) is 250 Å². The Bertz CT molecular complexity index is 4330. The minimum absolute atomic E-state index is 0.887. The molecule has 0 spiro atoms. The van der Waals surface area contributed by atoms with Crippen molar-refractivity contribution >= 4 is 98.1 Å². The molecule has 0 aliphatic rings. The molecule has 0 atom stereocenters. The van der Waals surface area contributed by atoms with Gasteiger partial charge in [-0.05, 0) is 142 Å². The van der Waals surface area contributed by atoms with E-state index in [4.69, 9.17) is 4.42 Å². The van der Waals surface area contributed by atoms with Crippen LogP contribution in [0.5, 0.6) is 0 Å². The maximum absolute atomic E-state index is 6.49. The average Bonchev–Trinajstić information content (AvgIpc) is 4.14. The number of aromatic nitrogens is 3. The third kappa shape index (κ3) is 5.37. The predicted octanol–water partition coefficient (Wildman–Crippen LogP) is 17.4. The normalized spacial score (nSPS) is 12.1. The zero-order chi connectivity index (χ0) is 44.5. The number of rotatable bonds is 5. The molecular formula is C64H39N3O. The molecule has 0 aliphatic heterocycles. The molecule has 0 N–H and O–H groups in total. The Morgan fingerprint density at radius 3 is 1.15 bits per heavy atom. The van der Waals surface area contributed by atoms with Gasteiger partial charge in [0, 0.05) is 60.2 Å². The summed E-state index contributed by atoms with van der Waals surface area (Å²) in [4.78, 5) is 0. The van der Waals surface area contributed by atoms with E-state index in [0.29, 0.717) is 0 Å². The van der Waals surface area contributed by atoms with Crippen LogP contribution in [-0.2, 0) is 0 Å². The lowest BCUT2D eigenvalue weighted by atomic mass is 9.98. The van der Waals surface area contributed by atoms with E-state index >= 15 is 0 Å². The first-order valence-corrected chi connectivity index (χ1v) is 23.3. The van der Waals surface area contributed by atoms with Crippen molar-refractivity contribution in [2.45, 2.75) is 0 Å².